The molecule has 1 heterocycles. The van der Waals surface area contributed by atoms with E-state index in [1.54, 1.807) is 0 Å². The van der Waals surface area contributed by atoms with Crippen molar-refractivity contribution in [2.75, 3.05) is 11.1 Å². The number of nitrogens with zero attached hydrogens (tertiary/aromatic N) is 3. The average molecular weight is 539 g/mol. The van der Waals surface area contributed by atoms with Gasteiger partial charge in [0, 0.05) is 11.4 Å². The number of fused-ring (bicyclic) bond motifs is 1. The molecule has 1 aromatic heterocycles. The van der Waals surface area contributed by atoms with Crippen LogP contribution >= 0.6 is 11.8 Å². The number of hydrogen-bond acceptors (Lipinski definition) is 5. The first-order valence-corrected chi connectivity index (χ1v) is 13.1. The van der Waals surface area contributed by atoms with Crippen molar-refractivity contribution in [2.45, 2.75) is 44.1 Å². The van der Waals surface area contributed by atoms with E-state index in [-0.39, 0.29) is 18.0 Å². The summed E-state index contributed by atoms with van der Waals surface area (Å²) in [7, 11) is 0. The van der Waals surface area contributed by atoms with E-state index in [9.17, 15) is 18.0 Å². The summed E-state index contributed by atoms with van der Waals surface area (Å²) in [5, 5.41) is 11.6. The summed E-state index contributed by atoms with van der Waals surface area (Å²) >= 11 is 1.14. The molecule has 0 fully saturated rings. The highest BCUT2D eigenvalue weighted by atomic mass is 32.2. The Morgan fingerprint density at radius 2 is 1.82 bits per heavy atom. The molecule has 10 heteroatoms. The maximum atomic E-state index is 13.0. The Balaban J connectivity index is 1.31. The van der Waals surface area contributed by atoms with E-state index < -0.39 is 17.6 Å². The Labute approximate surface area is 222 Å². The topological polar surface area (TPSA) is 69.0 Å². The quantitative estimate of drug-likeness (QED) is 0.263. The fourth-order valence-electron chi connectivity index (χ4n) is 4.55. The number of ether oxygens (including phenoxy) is 1. The van der Waals surface area contributed by atoms with E-state index >= 15 is 0 Å². The lowest BCUT2D eigenvalue weighted by Gasteiger charge is -2.14. The molecule has 0 spiro atoms. The molecule has 38 heavy (non-hydrogen) atoms. The number of halogens is 3. The third-order valence-electron chi connectivity index (χ3n) is 6.35. The van der Waals surface area contributed by atoms with Gasteiger partial charge in [-0.15, -0.1) is 10.2 Å². The second kappa shape index (κ2) is 10.9. The van der Waals surface area contributed by atoms with Crippen LogP contribution in [0, 0.1) is 6.92 Å². The highest BCUT2D eigenvalue weighted by Crippen LogP contribution is 2.34. The Kier molecular flexibility index (Phi) is 7.42. The molecule has 6 nitrogen and oxygen atoms in total. The summed E-state index contributed by atoms with van der Waals surface area (Å²) < 4.78 is 47.0. The normalized spacial score (nSPS) is 12.8. The number of carbonyl (C=O) groups is 1. The van der Waals surface area contributed by atoms with Crippen LogP contribution in [0.4, 0.5) is 18.9 Å². The van der Waals surface area contributed by atoms with Crippen LogP contribution in [0.3, 0.4) is 0 Å². The maximum Gasteiger partial charge on any atom is 0.416 e. The van der Waals surface area contributed by atoms with Crippen LogP contribution in [0.25, 0.3) is 5.69 Å². The van der Waals surface area contributed by atoms with Gasteiger partial charge in [0.1, 0.15) is 12.4 Å². The summed E-state index contributed by atoms with van der Waals surface area (Å²) in [5.41, 5.74) is 3.95. The van der Waals surface area contributed by atoms with Crippen LogP contribution in [0.1, 0.15) is 34.5 Å². The van der Waals surface area contributed by atoms with Gasteiger partial charge in [-0.05, 0) is 79.3 Å². The largest absolute Gasteiger partial charge is 0.485 e. The molecule has 0 unspecified atom stereocenters. The van der Waals surface area contributed by atoms with Crippen LogP contribution in [0.2, 0.25) is 0 Å². The molecule has 1 N–H and O–H groups in total. The zero-order valence-electron chi connectivity index (χ0n) is 20.6. The molecule has 0 bridgehead atoms. The number of benzene rings is 3. The van der Waals surface area contributed by atoms with Gasteiger partial charge in [-0.1, -0.05) is 42.1 Å². The third kappa shape index (κ3) is 5.70. The molecule has 0 atom stereocenters. The fourth-order valence-corrected chi connectivity index (χ4v) is 5.33. The first-order chi connectivity index (χ1) is 18.3. The van der Waals surface area contributed by atoms with Crippen LogP contribution < -0.4 is 10.1 Å². The van der Waals surface area contributed by atoms with Crippen molar-refractivity contribution in [3.63, 3.8) is 0 Å². The monoisotopic (exact) mass is 538 g/mol. The summed E-state index contributed by atoms with van der Waals surface area (Å²) in [4.78, 5) is 12.6. The highest BCUT2D eigenvalue weighted by molar-refractivity contribution is 7.99. The number of thioether (sulfide) groups is 1. The number of para-hydroxylation sites is 1. The summed E-state index contributed by atoms with van der Waals surface area (Å²) in [6, 6.07) is 18.1. The molecule has 0 saturated carbocycles. The minimum atomic E-state index is -4.49. The lowest BCUT2D eigenvalue weighted by atomic mass is 10.0. The number of anilines is 1. The second-order valence-electron chi connectivity index (χ2n) is 8.97. The van der Waals surface area contributed by atoms with Gasteiger partial charge in [0.15, 0.2) is 11.0 Å². The number of nitrogens with one attached hydrogen (secondary N) is 1. The van der Waals surface area contributed by atoms with Crippen LogP contribution in [-0.4, -0.2) is 26.4 Å². The number of aromatic nitrogens is 3. The average Bonchev–Trinajstić information content (AvgIpc) is 3.56. The van der Waals surface area contributed by atoms with Crippen molar-refractivity contribution in [3.05, 3.63) is 94.8 Å². The summed E-state index contributed by atoms with van der Waals surface area (Å²) in [5.74, 6) is 0.905. The fraction of sp³-hybridized carbons (Fsp3) is 0.250. The SMILES string of the molecule is Cc1ccc(OCc2nnc(SCC(=O)Nc3cccc(C(F)(F)F)c3)n2-c2ccccc2)c2c1CCC2. The van der Waals surface area contributed by atoms with Crippen molar-refractivity contribution in [1.82, 2.24) is 14.8 Å². The van der Waals surface area contributed by atoms with Gasteiger partial charge in [-0.25, -0.2) is 0 Å². The number of rotatable bonds is 8. The van der Waals surface area contributed by atoms with Gasteiger partial charge < -0.3 is 10.1 Å². The van der Waals surface area contributed by atoms with Gasteiger partial charge in [0.25, 0.3) is 0 Å². The Hall–Kier alpha value is -3.79. The van der Waals surface area contributed by atoms with E-state index in [4.69, 9.17) is 4.74 Å². The molecular weight excluding hydrogens is 513 g/mol. The third-order valence-corrected chi connectivity index (χ3v) is 7.28. The Morgan fingerprint density at radius 1 is 1.03 bits per heavy atom. The van der Waals surface area contributed by atoms with Crippen LogP contribution in [0.15, 0.2) is 71.9 Å². The molecule has 1 aliphatic rings. The van der Waals surface area contributed by atoms with Gasteiger partial charge in [0.2, 0.25) is 5.91 Å². The molecular formula is C28H25F3N4O2S. The smallest absolute Gasteiger partial charge is 0.416 e. The number of hydrogen-bond donors (Lipinski definition) is 1. The first kappa shape index (κ1) is 25.8. The van der Waals surface area contributed by atoms with Crippen molar-refractivity contribution in [3.8, 4) is 11.4 Å². The molecule has 3 aromatic carbocycles. The van der Waals surface area contributed by atoms with E-state index in [2.05, 4.69) is 28.5 Å². The number of carbonyl (C=O) groups excluding carboxylic acids is 1. The number of aryl methyl sites for hydroxylation is 1. The Morgan fingerprint density at radius 3 is 2.61 bits per heavy atom. The Bertz CT molecular complexity index is 1450. The summed E-state index contributed by atoms with van der Waals surface area (Å²) in [6.07, 6.45) is -1.33. The molecule has 5 rings (SSSR count). The van der Waals surface area contributed by atoms with Crippen molar-refractivity contribution in [2.24, 2.45) is 0 Å². The van der Waals surface area contributed by atoms with E-state index in [0.717, 1.165) is 54.6 Å². The minimum Gasteiger partial charge on any atom is -0.485 e. The standard InChI is InChI=1S/C28H25F3N4O2S/c1-18-13-14-24(23-12-6-11-22(18)23)37-16-25-33-34-27(35(25)21-9-3-2-4-10-21)38-17-26(36)32-20-8-5-7-19(15-20)28(29,30)31/h2-5,7-10,13-15H,6,11-12,16-17H2,1H3,(H,32,36). The second-order valence-corrected chi connectivity index (χ2v) is 9.91. The minimum absolute atomic E-state index is 0.0620. The van der Waals surface area contributed by atoms with Crippen molar-refractivity contribution < 1.29 is 22.7 Å². The van der Waals surface area contributed by atoms with Gasteiger partial charge in [0.05, 0.1) is 11.3 Å². The number of amides is 1. The predicted molar refractivity (Wildman–Crippen MR) is 140 cm³/mol. The molecule has 0 saturated heterocycles. The van der Waals surface area contributed by atoms with E-state index in [0.29, 0.717) is 11.0 Å². The molecule has 4 aromatic rings. The first-order valence-electron chi connectivity index (χ1n) is 12.1. The van der Waals surface area contributed by atoms with Gasteiger partial charge in [-0.2, -0.15) is 13.2 Å². The zero-order valence-corrected chi connectivity index (χ0v) is 21.4. The van der Waals surface area contributed by atoms with Crippen LogP contribution in [0.5, 0.6) is 5.75 Å². The molecule has 0 aliphatic heterocycles. The molecule has 0 radical (unpaired) electrons. The van der Waals surface area contributed by atoms with Gasteiger partial charge >= 0.3 is 6.18 Å². The van der Waals surface area contributed by atoms with Gasteiger partial charge in [-0.3, -0.25) is 9.36 Å². The summed E-state index contributed by atoms with van der Waals surface area (Å²) in [6.45, 7) is 2.31. The lowest BCUT2D eigenvalue weighted by Crippen LogP contribution is -2.15. The molecule has 1 amide bonds. The van der Waals surface area contributed by atoms with E-state index in [1.807, 2.05) is 41.0 Å². The maximum absolute atomic E-state index is 13.0. The number of alkyl halides is 3. The lowest BCUT2D eigenvalue weighted by molar-refractivity contribution is -0.137. The van der Waals surface area contributed by atoms with Crippen molar-refractivity contribution in [1.29, 1.82) is 0 Å². The molecule has 1 aliphatic carbocycles. The van der Waals surface area contributed by atoms with Crippen molar-refractivity contribution >= 4 is 23.4 Å². The highest BCUT2D eigenvalue weighted by Gasteiger charge is 2.30. The predicted octanol–water partition coefficient (Wildman–Crippen LogP) is 6.39. The van der Waals surface area contributed by atoms with E-state index in [1.165, 1.54) is 28.8 Å². The molecule has 196 valence electrons. The zero-order chi connectivity index (χ0) is 26.7. The van der Waals surface area contributed by atoms with Crippen LogP contribution in [-0.2, 0) is 30.4 Å².